The lowest BCUT2D eigenvalue weighted by molar-refractivity contribution is 0.0932. The van der Waals surface area contributed by atoms with E-state index in [1.807, 2.05) is 0 Å². The van der Waals surface area contributed by atoms with E-state index in [2.05, 4.69) is 15.6 Å². The molecule has 1 unspecified atom stereocenters. The standard InChI is InChI=1S/C20H19ClF2N4O4/c1-10(7-24-20(29)30)25-19(28)17-11(2)26-18-16(6-12(21)8-27(17)18)31-9-13-14(22)4-3-5-15(13)23/h3-6,8,10,24H,7,9H2,1-2H3,(H,25,28)(H,29,30). The van der Waals surface area contributed by atoms with Gasteiger partial charge in [0.05, 0.1) is 16.3 Å². The molecule has 0 saturated carbocycles. The maximum Gasteiger partial charge on any atom is 0.404 e. The van der Waals surface area contributed by atoms with Crippen molar-refractivity contribution < 1.29 is 28.2 Å². The van der Waals surface area contributed by atoms with Gasteiger partial charge in [0.1, 0.15) is 23.9 Å². The van der Waals surface area contributed by atoms with Crippen LogP contribution in [-0.4, -0.2) is 39.1 Å². The van der Waals surface area contributed by atoms with Gasteiger partial charge >= 0.3 is 6.09 Å². The van der Waals surface area contributed by atoms with E-state index in [1.165, 1.54) is 22.7 Å². The number of imidazole rings is 1. The minimum Gasteiger partial charge on any atom is -0.485 e. The number of hydrogen-bond donors (Lipinski definition) is 3. The molecule has 1 atom stereocenters. The summed E-state index contributed by atoms with van der Waals surface area (Å²) in [6.45, 7) is 2.85. The Morgan fingerprint density at radius 3 is 2.65 bits per heavy atom. The van der Waals surface area contributed by atoms with Crippen LogP contribution in [-0.2, 0) is 6.61 Å². The molecule has 1 aromatic carbocycles. The monoisotopic (exact) mass is 452 g/mol. The molecule has 164 valence electrons. The van der Waals surface area contributed by atoms with Gasteiger partial charge in [0, 0.05) is 24.8 Å². The number of ether oxygens (including phenoxy) is 1. The Labute approximate surface area is 180 Å². The molecule has 3 rings (SSSR count). The topological polar surface area (TPSA) is 105 Å². The van der Waals surface area contributed by atoms with Crippen LogP contribution in [0.15, 0.2) is 30.5 Å². The van der Waals surface area contributed by atoms with Crippen molar-refractivity contribution in [2.45, 2.75) is 26.5 Å². The van der Waals surface area contributed by atoms with Crippen LogP contribution in [0.3, 0.4) is 0 Å². The smallest absolute Gasteiger partial charge is 0.404 e. The molecular weight excluding hydrogens is 434 g/mol. The highest BCUT2D eigenvalue weighted by Crippen LogP contribution is 2.28. The summed E-state index contributed by atoms with van der Waals surface area (Å²) in [4.78, 5) is 27.7. The zero-order valence-electron chi connectivity index (χ0n) is 16.6. The lowest BCUT2D eigenvalue weighted by Crippen LogP contribution is -2.41. The predicted octanol–water partition coefficient (Wildman–Crippen LogP) is 3.54. The normalized spacial score (nSPS) is 11.9. The van der Waals surface area contributed by atoms with Gasteiger partial charge in [0.25, 0.3) is 5.91 Å². The largest absolute Gasteiger partial charge is 0.485 e. The fraction of sp³-hybridized carbons (Fsp3) is 0.250. The summed E-state index contributed by atoms with van der Waals surface area (Å²) in [6, 6.07) is 4.44. The van der Waals surface area contributed by atoms with Gasteiger partial charge in [-0.1, -0.05) is 17.7 Å². The average Bonchev–Trinajstić information content (AvgIpc) is 3.01. The molecule has 0 radical (unpaired) electrons. The van der Waals surface area contributed by atoms with E-state index >= 15 is 0 Å². The number of aryl methyl sites for hydroxylation is 1. The van der Waals surface area contributed by atoms with Gasteiger partial charge < -0.3 is 20.5 Å². The van der Waals surface area contributed by atoms with Gasteiger partial charge in [0.2, 0.25) is 0 Å². The molecule has 0 aliphatic heterocycles. The third kappa shape index (κ3) is 5.02. The van der Waals surface area contributed by atoms with Crippen molar-refractivity contribution in [3.05, 3.63) is 64.1 Å². The van der Waals surface area contributed by atoms with Crippen molar-refractivity contribution in [1.29, 1.82) is 0 Å². The van der Waals surface area contributed by atoms with Crippen LogP contribution in [0.4, 0.5) is 13.6 Å². The van der Waals surface area contributed by atoms with Gasteiger partial charge in [-0.2, -0.15) is 0 Å². The molecule has 2 amide bonds. The first-order valence-electron chi connectivity index (χ1n) is 9.19. The third-order valence-corrected chi connectivity index (χ3v) is 4.62. The molecule has 0 bridgehead atoms. The average molecular weight is 453 g/mol. The van der Waals surface area contributed by atoms with Gasteiger partial charge in [-0.3, -0.25) is 9.20 Å². The Morgan fingerprint density at radius 1 is 1.32 bits per heavy atom. The first-order chi connectivity index (χ1) is 14.7. The third-order valence-electron chi connectivity index (χ3n) is 4.41. The molecule has 11 heteroatoms. The number of aromatic nitrogens is 2. The summed E-state index contributed by atoms with van der Waals surface area (Å²) in [6.07, 6.45) is 0.259. The minimum absolute atomic E-state index is 0.0141. The molecule has 31 heavy (non-hydrogen) atoms. The quantitative estimate of drug-likeness (QED) is 0.508. The van der Waals surface area contributed by atoms with Crippen LogP contribution in [0.2, 0.25) is 5.02 Å². The zero-order chi connectivity index (χ0) is 22.7. The summed E-state index contributed by atoms with van der Waals surface area (Å²) < 4.78 is 34.8. The first-order valence-corrected chi connectivity index (χ1v) is 9.56. The maximum absolute atomic E-state index is 13.9. The van der Waals surface area contributed by atoms with Crippen LogP contribution in [0.1, 0.15) is 28.7 Å². The number of carboxylic acid groups (broad SMARTS) is 1. The highest BCUT2D eigenvalue weighted by atomic mass is 35.5. The molecule has 8 nitrogen and oxygen atoms in total. The summed E-state index contributed by atoms with van der Waals surface area (Å²) in [5, 5.41) is 13.8. The molecule has 3 N–H and O–H groups in total. The van der Waals surface area contributed by atoms with Gasteiger partial charge in [0.15, 0.2) is 11.4 Å². The second kappa shape index (κ2) is 9.17. The molecule has 0 saturated heterocycles. The van der Waals surface area contributed by atoms with Crippen molar-refractivity contribution >= 4 is 29.2 Å². The number of nitrogens with zero attached hydrogens (tertiary/aromatic N) is 2. The highest BCUT2D eigenvalue weighted by molar-refractivity contribution is 6.30. The number of carbonyl (C=O) groups is 2. The molecule has 0 fully saturated rings. The second-order valence-corrected chi connectivity index (χ2v) is 7.25. The fourth-order valence-electron chi connectivity index (χ4n) is 2.98. The van der Waals surface area contributed by atoms with E-state index in [0.717, 1.165) is 12.1 Å². The van der Waals surface area contributed by atoms with Crippen molar-refractivity contribution in [3.63, 3.8) is 0 Å². The van der Waals surface area contributed by atoms with Crippen LogP contribution >= 0.6 is 11.6 Å². The van der Waals surface area contributed by atoms with E-state index in [4.69, 9.17) is 21.4 Å². The van der Waals surface area contributed by atoms with E-state index in [-0.39, 0.29) is 34.2 Å². The number of hydrogen-bond acceptors (Lipinski definition) is 4. The molecular formula is C20H19ClF2N4O4. The lowest BCUT2D eigenvalue weighted by Gasteiger charge is -2.14. The van der Waals surface area contributed by atoms with Crippen LogP contribution in [0, 0.1) is 18.6 Å². The zero-order valence-corrected chi connectivity index (χ0v) is 17.3. The van der Waals surface area contributed by atoms with Gasteiger partial charge in [-0.25, -0.2) is 18.6 Å². The number of nitrogens with one attached hydrogen (secondary N) is 2. The van der Waals surface area contributed by atoms with Crippen molar-refractivity contribution in [1.82, 2.24) is 20.0 Å². The Hall–Kier alpha value is -3.40. The first kappa shape index (κ1) is 22.3. The maximum atomic E-state index is 13.9. The van der Waals surface area contributed by atoms with Crippen LogP contribution in [0.25, 0.3) is 5.65 Å². The predicted molar refractivity (Wildman–Crippen MR) is 109 cm³/mol. The fourth-order valence-corrected chi connectivity index (χ4v) is 3.18. The van der Waals surface area contributed by atoms with Gasteiger partial charge in [-0.15, -0.1) is 0 Å². The molecule has 0 aliphatic rings. The number of amides is 2. The Bertz CT molecular complexity index is 1130. The Balaban J connectivity index is 1.89. The summed E-state index contributed by atoms with van der Waals surface area (Å²) in [5.74, 6) is -1.86. The van der Waals surface area contributed by atoms with Crippen LogP contribution in [0.5, 0.6) is 5.75 Å². The Morgan fingerprint density at radius 2 is 2.00 bits per heavy atom. The van der Waals surface area contributed by atoms with Crippen molar-refractivity contribution in [2.24, 2.45) is 0 Å². The summed E-state index contributed by atoms with van der Waals surface area (Å²) >= 11 is 6.16. The number of fused-ring (bicyclic) bond motifs is 1. The highest BCUT2D eigenvalue weighted by Gasteiger charge is 2.21. The van der Waals surface area contributed by atoms with Crippen molar-refractivity contribution in [3.8, 4) is 5.75 Å². The number of pyridine rings is 1. The van der Waals surface area contributed by atoms with E-state index < -0.39 is 36.3 Å². The summed E-state index contributed by atoms with van der Waals surface area (Å²) in [5.41, 5.74) is 0.517. The molecule has 2 heterocycles. The number of benzene rings is 1. The van der Waals surface area contributed by atoms with Crippen LogP contribution < -0.4 is 15.4 Å². The lowest BCUT2D eigenvalue weighted by atomic mass is 10.2. The van der Waals surface area contributed by atoms with E-state index in [0.29, 0.717) is 5.69 Å². The SMILES string of the molecule is Cc1nc2c(OCc3c(F)cccc3F)cc(Cl)cn2c1C(=O)NC(C)CNC(=O)O. The number of carbonyl (C=O) groups excluding carboxylic acids is 1. The minimum atomic E-state index is -1.20. The van der Waals surface area contributed by atoms with E-state index in [1.54, 1.807) is 13.8 Å². The van der Waals surface area contributed by atoms with Crippen molar-refractivity contribution in [2.75, 3.05) is 6.54 Å². The summed E-state index contributed by atoms with van der Waals surface area (Å²) in [7, 11) is 0. The molecule has 0 spiro atoms. The number of halogens is 3. The van der Waals surface area contributed by atoms with E-state index in [9.17, 15) is 18.4 Å². The Kier molecular flexibility index (Phi) is 6.59. The molecule has 3 aromatic rings. The molecule has 0 aliphatic carbocycles. The second-order valence-electron chi connectivity index (χ2n) is 6.81. The van der Waals surface area contributed by atoms with Gasteiger partial charge in [-0.05, 0) is 26.0 Å². The molecule has 2 aromatic heterocycles. The number of rotatable bonds is 7.